The van der Waals surface area contributed by atoms with Crippen molar-refractivity contribution in [2.24, 2.45) is 0 Å². The fourth-order valence-corrected chi connectivity index (χ4v) is 3.73. The van der Waals surface area contributed by atoms with Crippen LogP contribution in [0.5, 0.6) is 11.5 Å². The van der Waals surface area contributed by atoms with Crippen molar-refractivity contribution < 1.29 is 33.4 Å². The minimum atomic E-state index is -0.705. The van der Waals surface area contributed by atoms with Crippen molar-refractivity contribution in [3.8, 4) is 11.5 Å². The number of para-hydroxylation sites is 1. The van der Waals surface area contributed by atoms with Crippen LogP contribution in [-0.2, 0) is 19.1 Å². The van der Waals surface area contributed by atoms with Crippen LogP contribution in [0.1, 0.15) is 11.1 Å². The van der Waals surface area contributed by atoms with Gasteiger partial charge in [0.25, 0.3) is 17.1 Å². The number of aryl methyl sites for hydroxylation is 1. The SMILES string of the molecule is COC(=O)CN1C(=O)SC(=Cc2cccc(OC)c2OCC(=O)Nc2ccc(C)cc2)C1=O. The molecule has 0 aliphatic carbocycles. The first-order chi connectivity index (χ1) is 15.8. The highest BCUT2D eigenvalue weighted by molar-refractivity contribution is 8.18. The summed E-state index contributed by atoms with van der Waals surface area (Å²) in [7, 11) is 2.62. The smallest absolute Gasteiger partial charge is 0.325 e. The molecule has 1 fully saturated rings. The number of imide groups is 1. The maximum absolute atomic E-state index is 12.6. The summed E-state index contributed by atoms with van der Waals surface area (Å²) in [6, 6.07) is 12.3. The van der Waals surface area contributed by atoms with E-state index in [9.17, 15) is 19.2 Å². The number of benzene rings is 2. The fraction of sp³-hybridized carbons (Fsp3) is 0.217. The van der Waals surface area contributed by atoms with Crippen LogP contribution in [0.3, 0.4) is 0 Å². The lowest BCUT2D eigenvalue weighted by molar-refractivity contribution is -0.143. The number of thioether (sulfide) groups is 1. The van der Waals surface area contributed by atoms with E-state index < -0.39 is 23.7 Å². The van der Waals surface area contributed by atoms with Gasteiger partial charge >= 0.3 is 5.97 Å². The highest BCUT2D eigenvalue weighted by atomic mass is 32.2. The molecule has 0 aromatic heterocycles. The largest absolute Gasteiger partial charge is 0.493 e. The van der Waals surface area contributed by atoms with E-state index in [0.717, 1.165) is 10.5 Å². The van der Waals surface area contributed by atoms with E-state index in [4.69, 9.17) is 9.47 Å². The van der Waals surface area contributed by atoms with Crippen molar-refractivity contribution >= 4 is 46.5 Å². The second kappa shape index (κ2) is 10.7. The Labute approximate surface area is 194 Å². The second-order valence-corrected chi connectivity index (χ2v) is 7.92. The third kappa shape index (κ3) is 5.92. The maximum atomic E-state index is 12.6. The molecule has 10 heteroatoms. The van der Waals surface area contributed by atoms with Gasteiger partial charge in [-0.25, -0.2) is 0 Å². The predicted molar refractivity (Wildman–Crippen MR) is 123 cm³/mol. The van der Waals surface area contributed by atoms with E-state index in [1.54, 1.807) is 30.3 Å². The molecule has 3 rings (SSSR count). The quantitative estimate of drug-likeness (QED) is 0.462. The third-order valence-corrected chi connectivity index (χ3v) is 5.49. The Kier molecular flexibility index (Phi) is 7.73. The summed E-state index contributed by atoms with van der Waals surface area (Å²) in [5, 5.41) is 2.15. The first-order valence-corrected chi connectivity index (χ1v) is 10.6. The zero-order valence-electron chi connectivity index (χ0n) is 18.2. The molecule has 3 amide bonds. The van der Waals surface area contributed by atoms with Gasteiger partial charge in [0.2, 0.25) is 0 Å². The van der Waals surface area contributed by atoms with E-state index in [1.807, 2.05) is 19.1 Å². The topological polar surface area (TPSA) is 111 Å². The van der Waals surface area contributed by atoms with Gasteiger partial charge < -0.3 is 19.5 Å². The average Bonchev–Trinajstić information content (AvgIpc) is 3.06. The van der Waals surface area contributed by atoms with Gasteiger partial charge in [-0.1, -0.05) is 29.8 Å². The number of nitrogens with one attached hydrogen (secondary N) is 1. The molecule has 172 valence electrons. The molecule has 0 atom stereocenters. The number of carbonyl (C=O) groups is 4. The summed E-state index contributed by atoms with van der Waals surface area (Å²) in [6.45, 7) is 1.17. The molecule has 1 aliphatic rings. The predicted octanol–water partition coefficient (Wildman–Crippen LogP) is 3.23. The fourth-order valence-electron chi connectivity index (χ4n) is 2.90. The highest BCUT2D eigenvalue weighted by Crippen LogP contribution is 2.37. The van der Waals surface area contributed by atoms with E-state index in [0.29, 0.717) is 28.8 Å². The van der Waals surface area contributed by atoms with Crippen LogP contribution in [0.2, 0.25) is 0 Å². The van der Waals surface area contributed by atoms with Crippen molar-refractivity contribution in [2.45, 2.75) is 6.92 Å². The van der Waals surface area contributed by atoms with Crippen LogP contribution >= 0.6 is 11.8 Å². The number of rotatable bonds is 8. The monoisotopic (exact) mass is 470 g/mol. The van der Waals surface area contributed by atoms with Gasteiger partial charge in [-0.05, 0) is 43.0 Å². The number of hydrogen-bond donors (Lipinski definition) is 1. The molecule has 9 nitrogen and oxygen atoms in total. The van der Waals surface area contributed by atoms with Gasteiger partial charge in [0.1, 0.15) is 6.54 Å². The van der Waals surface area contributed by atoms with E-state index in [2.05, 4.69) is 10.1 Å². The molecule has 1 N–H and O–H groups in total. The summed E-state index contributed by atoms with van der Waals surface area (Å²) in [5.74, 6) is -1.13. The summed E-state index contributed by atoms with van der Waals surface area (Å²) in [5.41, 5.74) is 2.13. The molecule has 2 aromatic carbocycles. The van der Waals surface area contributed by atoms with Crippen LogP contribution in [-0.4, -0.2) is 55.3 Å². The minimum Gasteiger partial charge on any atom is -0.493 e. The Bertz CT molecular complexity index is 1110. The van der Waals surface area contributed by atoms with Gasteiger partial charge in [0, 0.05) is 11.3 Å². The first-order valence-electron chi connectivity index (χ1n) is 9.81. The molecule has 0 saturated carbocycles. The Morgan fingerprint density at radius 1 is 1.09 bits per heavy atom. The van der Waals surface area contributed by atoms with E-state index in [1.165, 1.54) is 20.3 Å². The first kappa shape index (κ1) is 23.9. The normalized spacial score (nSPS) is 14.4. The standard InChI is InChI=1S/C23H22N2O7S/c1-14-7-9-16(10-8-14)24-19(26)13-32-21-15(5-4-6-17(21)30-2)11-18-22(28)25(23(29)33-18)12-20(27)31-3/h4-11H,12-13H2,1-3H3,(H,24,26). The number of ether oxygens (including phenoxy) is 3. The summed E-state index contributed by atoms with van der Waals surface area (Å²) in [4.78, 5) is 49.5. The van der Waals surface area contributed by atoms with Crippen molar-refractivity contribution in [1.29, 1.82) is 0 Å². The third-order valence-electron chi connectivity index (χ3n) is 4.59. The van der Waals surface area contributed by atoms with Crippen LogP contribution in [0.25, 0.3) is 6.08 Å². The molecule has 1 saturated heterocycles. The van der Waals surface area contributed by atoms with Crippen molar-refractivity contribution in [2.75, 3.05) is 32.7 Å². The Balaban J connectivity index is 1.78. The Morgan fingerprint density at radius 3 is 2.48 bits per heavy atom. The molecule has 33 heavy (non-hydrogen) atoms. The number of methoxy groups -OCH3 is 2. The van der Waals surface area contributed by atoms with Crippen molar-refractivity contribution in [3.05, 3.63) is 58.5 Å². The Hall–Kier alpha value is -3.79. The lowest BCUT2D eigenvalue weighted by Gasteiger charge is -2.14. The van der Waals surface area contributed by atoms with Crippen LogP contribution < -0.4 is 14.8 Å². The van der Waals surface area contributed by atoms with Crippen LogP contribution in [0.4, 0.5) is 10.5 Å². The van der Waals surface area contributed by atoms with Crippen molar-refractivity contribution in [3.63, 3.8) is 0 Å². The molecule has 0 radical (unpaired) electrons. The molecular formula is C23H22N2O7S. The molecule has 1 heterocycles. The van der Waals surface area contributed by atoms with E-state index in [-0.39, 0.29) is 23.2 Å². The number of esters is 1. The summed E-state index contributed by atoms with van der Waals surface area (Å²) in [6.07, 6.45) is 1.46. The number of anilines is 1. The second-order valence-electron chi connectivity index (χ2n) is 6.93. The molecule has 0 spiro atoms. The summed E-state index contributed by atoms with van der Waals surface area (Å²) < 4.78 is 15.6. The minimum absolute atomic E-state index is 0.103. The molecule has 2 aromatic rings. The van der Waals surface area contributed by atoms with Gasteiger partial charge in [-0.2, -0.15) is 0 Å². The number of carbonyl (C=O) groups excluding carboxylic acids is 4. The number of nitrogens with zero attached hydrogens (tertiary/aromatic N) is 1. The van der Waals surface area contributed by atoms with Crippen molar-refractivity contribution in [1.82, 2.24) is 4.90 Å². The lowest BCUT2D eigenvalue weighted by atomic mass is 10.1. The van der Waals surface area contributed by atoms with Gasteiger partial charge in [-0.3, -0.25) is 24.1 Å². The summed E-state index contributed by atoms with van der Waals surface area (Å²) >= 11 is 0.694. The van der Waals surface area contributed by atoms with Crippen LogP contribution in [0, 0.1) is 6.92 Å². The van der Waals surface area contributed by atoms with E-state index >= 15 is 0 Å². The van der Waals surface area contributed by atoms with Gasteiger partial charge in [0.05, 0.1) is 19.1 Å². The molecule has 0 unspecified atom stereocenters. The highest BCUT2D eigenvalue weighted by Gasteiger charge is 2.36. The van der Waals surface area contributed by atoms with Gasteiger partial charge in [-0.15, -0.1) is 0 Å². The number of hydrogen-bond acceptors (Lipinski definition) is 8. The zero-order chi connectivity index (χ0) is 24.0. The number of amides is 3. The van der Waals surface area contributed by atoms with Crippen LogP contribution in [0.15, 0.2) is 47.4 Å². The molecular weight excluding hydrogens is 448 g/mol. The Morgan fingerprint density at radius 2 is 1.82 bits per heavy atom. The zero-order valence-corrected chi connectivity index (χ0v) is 19.1. The average molecular weight is 471 g/mol. The maximum Gasteiger partial charge on any atom is 0.325 e. The lowest BCUT2D eigenvalue weighted by Crippen LogP contribution is -2.34. The molecule has 1 aliphatic heterocycles. The van der Waals surface area contributed by atoms with Gasteiger partial charge in [0.15, 0.2) is 18.1 Å². The molecule has 0 bridgehead atoms.